The second kappa shape index (κ2) is 6.53. The van der Waals surface area contributed by atoms with Gasteiger partial charge in [-0.3, -0.25) is 9.88 Å². The first-order chi connectivity index (χ1) is 12.9. The van der Waals surface area contributed by atoms with E-state index in [-0.39, 0.29) is 5.56 Å². The van der Waals surface area contributed by atoms with Crippen LogP contribution in [0.15, 0.2) is 42.5 Å². The zero-order valence-corrected chi connectivity index (χ0v) is 15.0. The van der Waals surface area contributed by atoms with Gasteiger partial charge in [-0.2, -0.15) is 13.2 Å². The lowest BCUT2D eigenvalue weighted by Crippen LogP contribution is -2.16. The molecule has 0 spiro atoms. The summed E-state index contributed by atoms with van der Waals surface area (Å²) in [7, 11) is 0. The molecule has 1 aliphatic heterocycles. The van der Waals surface area contributed by atoms with E-state index in [0.717, 1.165) is 36.8 Å². The second-order valence-electron chi connectivity index (χ2n) is 6.91. The zero-order chi connectivity index (χ0) is 19.2. The van der Waals surface area contributed by atoms with E-state index in [1.54, 1.807) is 18.2 Å². The van der Waals surface area contributed by atoms with Crippen molar-refractivity contribution < 1.29 is 13.2 Å². The van der Waals surface area contributed by atoms with Gasteiger partial charge in [0.05, 0.1) is 16.8 Å². The van der Waals surface area contributed by atoms with Gasteiger partial charge in [-0.15, -0.1) is 0 Å². The summed E-state index contributed by atoms with van der Waals surface area (Å²) < 4.78 is 40.6. The molecule has 4 rings (SSSR count). The molecule has 1 aromatic heterocycles. The van der Waals surface area contributed by atoms with Crippen LogP contribution in [0.3, 0.4) is 0 Å². The monoisotopic (exact) mass is 371 g/mol. The van der Waals surface area contributed by atoms with Crippen LogP contribution in [0.25, 0.3) is 22.0 Å². The third-order valence-electron chi connectivity index (χ3n) is 5.06. The molecule has 0 amide bonds. The minimum absolute atomic E-state index is 0.130. The number of halogens is 3. The maximum Gasteiger partial charge on any atom is 0.417 e. The number of hydrogen-bond donors (Lipinski definition) is 1. The van der Waals surface area contributed by atoms with Crippen LogP contribution in [0, 0.1) is 0 Å². The molecule has 0 radical (unpaired) electrons. The summed E-state index contributed by atoms with van der Waals surface area (Å²) in [6.45, 7) is 4.47. The predicted octanol–water partition coefficient (Wildman–Crippen LogP) is 5.23. The lowest BCUT2D eigenvalue weighted by Gasteiger charge is -2.15. The standard InChI is InChI=1S/C21H20F3N3/c1-2-10-27-11-16-18(12-27)26-20-14(7-5-8-15(20)19(16)25)13-6-3-4-9-17(13)21(22,23)24/h3-9H,2,10-12H2,1H3,(H2,25,26). The van der Waals surface area contributed by atoms with Crippen molar-refractivity contribution >= 4 is 16.6 Å². The number of aromatic nitrogens is 1. The fourth-order valence-electron chi connectivity index (χ4n) is 3.86. The maximum atomic E-state index is 13.5. The van der Waals surface area contributed by atoms with Gasteiger partial charge in [0.25, 0.3) is 0 Å². The largest absolute Gasteiger partial charge is 0.417 e. The molecular weight excluding hydrogens is 351 g/mol. The van der Waals surface area contributed by atoms with Crippen molar-refractivity contribution in [2.75, 3.05) is 12.3 Å². The van der Waals surface area contributed by atoms with Crippen LogP contribution in [0.4, 0.5) is 18.9 Å². The Hall–Kier alpha value is -2.60. The number of para-hydroxylation sites is 1. The van der Waals surface area contributed by atoms with Crippen LogP contribution in [-0.2, 0) is 19.3 Å². The Morgan fingerprint density at radius 3 is 2.52 bits per heavy atom. The minimum Gasteiger partial charge on any atom is -0.398 e. The zero-order valence-electron chi connectivity index (χ0n) is 15.0. The molecular formula is C21H20F3N3. The van der Waals surface area contributed by atoms with E-state index in [0.29, 0.717) is 28.7 Å². The average Bonchev–Trinajstić information content (AvgIpc) is 3.04. The molecule has 6 heteroatoms. The molecule has 2 aromatic carbocycles. The van der Waals surface area contributed by atoms with Crippen molar-refractivity contribution in [2.45, 2.75) is 32.6 Å². The third-order valence-corrected chi connectivity index (χ3v) is 5.06. The maximum absolute atomic E-state index is 13.5. The SMILES string of the molecule is CCCN1Cc2nc3c(-c4ccccc4C(F)(F)F)cccc3c(N)c2C1. The molecule has 0 saturated carbocycles. The van der Waals surface area contributed by atoms with E-state index in [1.807, 2.05) is 6.07 Å². The Morgan fingerprint density at radius 1 is 1.04 bits per heavy atom. The summed E-state index contributed by atoms with van der Waals surface area (Å²) in [4.78, 5) is 7.02. The van der Waals surface area contributed by atoms with E-state index in [9.17, 15) is 13.2 Å². The highest BCUT2D eigenvalue weighted by molar-refractivity contribution is 6.01. The van der Waals surface area contributed by atoms with Crippen molar-refractivity contribution in [3.8, 4) is 11.1 Å². The Balaban J connectivity index is 1.93. The lowest BCUT2D eigenvalue weighted by atomic mass is 9.95. The topological polar surface area (TPSA) is 42.2 Å². The van der Waals surface area contributed by atoms with Gasteiger partial charge in [0.1, 0.15) is 0 Å². The van der Waals surface area contributed by atoms with E-state index < -0.39 is 11.7 Å². The van der Waals surface area contributed by atoms with Crippen LogP contribution in [0.1, 0.15) is 30.2 Å². The summed E-state index contributed by atoms with van der Waals surface area (Å²) >= 11 is 0. The van der Waals surface area contributed by atoms with Crippen molar-refractivity contribution in [2.24, 2.45) is 0 Å². The molecule has 0 unspecified atom stereocenters. The molecule has 3 nitrogen and oxygen atoms in total. The summed E-state index contributed by atoms with van der Waals surface area (Å²) in [5, 5.41) is 0.710. The average molecular weight is 371 g/mol. The molecule has 0 saturated heterocycles. The quantitative estimate of drug-likeness (QED) is 0.686. The minimum atomic E-state index is -4.43. The Bertz CT molecular complexity index is 1010. The van der Waals surface area contributed by atoms with Gasteiger partial charge in [-0.05, 0) is 24.6 Å². The van der Waals surface area contributed by atoms with Crippen LogP contribution in [0.5, 0.6) is 0 Å². The fraction of sp³-hybridized carbons (Fsp3) is 0.286. The summed E-state index contributed by atoms with van der Waals surface area (Å²) in [6, 6.07) is 10.9. The number of benzene rings is 2. The van der Waals surface area contributed by atoms with E-state index in [4.69, 9.17) is 10.7 Å². The van der Waals surface area contributed by atoms with Gasteiger partial charge in [-0.1, -0.05) is 43.3 Å². The first kappa shape index (κ1) is 17.8. The summed E-state index contributed by atoms with van der Waals surface area (Å²) in [5.41, 5.74) is 9.36. The lowest BCUT2D eigenvalue weighted by molar-refractivity contribution is -0.137. The van der Waals surface area contributed by atoms with E-state index in [1.165, 1.54) is 12.1 Å². The van der Waals surface area contributed by atoms with Crippen molar-refractivity contribution in [1.82, 2.24) is 9.88 Å². The third kappa shape index (κ3) is 3.04. The van der Waals surface area contributed by atoms with Crippen molar-refractivity contribution in [3.63, 3.8) is 0 Å². The summed E-state index contributed by atoms with van der Waals surface area (Å²) in [5.74, 6) is 0. The highest BCUT2D eigenvalue weighted by Crippen LogP contribution is 2.41. The van der Waals surface area contributed by atoms with Gasteiger partial charge in [0, 0.05) is 35.3 Å². The Labute approximate surface area is 155 Å². The van der Waals surface area contributed by atoms with Gasteiger partial charge < -0.3 is 5.73 Å². The molecule has 27 heavy (non-hydrogen) atoms. The number of nitrogens with zero attached hydrogens (tertiary/aromatic N) is 2. The number of nitrogens with two attached hydrogens (primary N) is 1. The molecule has 0 bridgehead atoms. The Kier molecular flexibility index (Phi) is 4.30. The smallest absolute Gasteiger partial charge is 0.398 e. The van der Waals surface area contributed by atoms with Gasteiger partial charge in [0.2, 0.25) is 0 Å². The normalized spacial score (nSPS) is 14.7. The first-order valence-corrected chi connectivity index (χ1v) is 8.99. The van der Waals surface area contributed by atoms with E-state index >= 15 is 0 Å². The number of alkyl halides is 3. The number of nitrogen functional groups attached to an aromatic ring is 1. The molecule has 0 aliphatic carbocycles. The number of hydrogen-bond acceptors (Lipinski definition) is 3. The van der Waals surface area contributed by atoms with Crippen molar-refractivity contribution in [1.29, 1.82) is 0 Å². The highest BCUT2D eigenvalue weighted by atomic mass is 19.4. The van der Waals surface area contributed by atoms with Gasteiger partial charge in [-0.25, -0.2) is 0 Å². The molecule has 1 aliphatic rings. The molecule has 2 heterocycles. The first-order valence-electron chi connectivity index (χ1n) is 8.99. The van der Waals surface area contributed by atoms with E-state index in [2.05, 4.69) is 11.8 Å². The number of anilines is 1. The van der Waals surface area contributed by atoms with Crippen LogP contribution in [-0.4, -0.2) is 16.4 Å². The molecule has 0 fully saturated rings. The predicted molar refractivity (Wildman–Crippen MR) is 101 cm³/mol. The van der Waals surface area contributed by atoms with Crippen LogP contribution < -0.4 is 5.73 Å². The highest BCUT2D eigenvalue weighted by Gasteiger charge is 2.34. The van der Waals surface area contributed by atoms with Crippen LogP contribution in [0.2, 0.25) is 0 Å². The second-order valence-corrected chi connectivity index (χ2v) is 6.91. The molecule has 3 aromatic rings. The number of fused-ring (bicyclic) bond motifs is 2. The summed E-state index contributed by atoms with van der Waals surface area (Å²) in [6.07, 6.45) is -3.41. The molecule has 0 atom stereocenters. The van der Waals surface area contributed by atoms with Crippen molar-refractivity contribution in [3.05, 3.63) is 59.3 Å². The molecule has 140 valence electrons. The van der Waals surface area contributed by atoms with Gasteiger partial charge in [0.15, 0.2) is 0 Å². The molecule has 2 N–H and O–H groups in total. The fourth-order valence-corrected chi connectivity index (χ4v) is 3.86. The number of rotatable bonds is 3. The van der Waals surface area contributed by atoms with Crippen LogP contribution >= 0.6 is 0 Å². The van der Waals surface area contributed by atoms with Gasteiger partial charge >= 0.3 is 6.18 Å². The Morgan fingerprint density at radius 2 is 1.78 bits per heavy atom. The number of pyridine rings is 1.